The summed E-state index contributed by atoms with van der Waals surface area (Å²) in [4.78, 5) is 9.29. The first-order chi connectivity index (χ1) is 8.19. The van der Waals surface area contributed by atoms with Gasteiger partial charge in [-0.2, -0.15) is 0 Å². The highest BCUT2D eigenvalue weighted by Gasteiger charge is 2.34. The highest BCUT2D eigenvalue weighted by atomic mass is 15.1. The van der Waals surface area contributed by atoms with Crippen molar-refractivity contribution in [2.75, 3.05) is 17.7 Å². The molecule has 0 radical (unpaired) electrons. The molecular weight excluding hydrogens is 212 g/mol. The molecule has 3 rings (SSSR count). The van der Waals surface area contributed by atoms with Crippen molar-refractivity contribution in [2.24, 2.45) is 5.92 Å². The van der Waals surface area contributed by atoms with Gasteiger partial charge in [0, 0.05) is 24.6 Å². The summed E-state index contributed by atoms with van der Waals surface area (Å²) in [6.45, 7) is 4.35. The van der Waals surface area contributed by atoms with Gasteiger partial charge >= 0.3 is 0 Å². The Balaban J connectivity index is 1.90. The third-order valence-electron chi connectivity index (χ3n) is 3.77. The van der Waals surface area contributed by atoms with E-state index in [1.54, 1.807) is 0 Å². The second-order valence-corrected chi connectivity index (χ2v) is 5.39. The van der Waals surface area contributed by atoms with Gasteiger partial charge in [-0.15, -0.1) is 0 Å². The summed E-state index contributed by atoms with van der Waals surface area (Å²) >= 11 is 0. The Morgan fingerprint density at radius 2 is 1.82 bits per heavy atom. The van der Waals surface area contributed by atoms with E-state index < -0.39 is 0 Å². The van der Waals surface area contributed by atoms with Crippen molar-refractivity contribution in [1.82, 2.24) is 9.97 Å². The van der Waals surface area contributed by atoms with Gasteiger partial charge in [0.05, 0.1) is 0 Å². The number of hydrogen-bond donors (Lipinski definition) is 2. The van der Waals surface area contributed by atoms with E-state index in [0.29, 0.717) is 12.0 Å². The number of nitrogens with one attached hydrogen (secondary N) is 2. The molecule has 1 aromatic heterocycles. The van der Waals surface area contributed by atoms with Gasteiger partial charge in [-0.05, 0) is 32.1 Å². The first-order valence-corrected chi connectivity index (χ1v) is 6.52. The summed E-state index contributed by atoms with van der Waals surface area (Å²) < 4.78 is 0. The second kappa shape index (κ2) is 3.86. The number of hydrogen-bond acceptors (Lipinski definition) is 4. The van der Waals surface area contributed by atoms with Gasteiger partial charge in [0.2, 0.25) is 0 Å². The molecule has 4 nitrogen and oxygen atoms in total. The molecule has 2 unspecified atom stereocenters. The molecule has 1 aromatic rings. The van der Waals surface area contributed by atoms with E-state index >= 15 is 0 Å². The summed E-state index contributed by atoms with van der Waals surface area (Å²) in [6, 6.07) is 0.611. The molecule has 2 saturated carbocycles. The van der Waals surface area contributed by atoms with E-state index in [9.17, 15) is 0 Å². The van der Waals surface area contributed by atoms with Crippen molar-refractivity contribution in [3.8, 4) is 0 Å². The molecule has 2 N–H and O–H groups in total. The molecule has 17 heavy (non-hydrogen) atoms. The summed E-state index contributed by atoms with van der Waals surface area (Å²) in [5.41, 5.74) is 1.14. The largest absolute Gasteiger partial charge is 0.373 e. The Morgan fingerprint density at radius 3 is 2.35 bits per heavy atom. The fraction of sp³-hybridized carbons (Fsp3) is 0.692. The standard InChI is InChI=1S/C13H20N4/c1-7-6-10(7)15-12-8(2)11(14-3)16-13(17-12)9-4-5-9/h7,9-10H,4-6H2,1-3H3,(H2,14,15,16,17). The van der Waals surface area contributed by atoms with Crippen LogP contribution in [0.25, 0.3) is 0 Å². The minimum Gasteiger partial charge on any atom is -0.373 e. The minimum absolute atomic E-state index is 0.597. The molecule has 92 valence electrons. The summed E-state index contributed by atoms with van der Waals surface area (Å²) in [6.07, 6.45) is 3.74. The monoisotopic (exact) mass is 232 g/mol. The van der Waals surface area contributed by atoms with Gasteiger partial charge in [0.15, 0.2) is 0 Å². The molecule has 0 aromatic carbocycles. The van der Waals surface area contributed by atoms with E-state index in [4.69, 9.17) is 4.98 Å². The zero-order valence-electron chi connectivity index (χ0n) is 10.7. The van der Waals surface area contributed by atoms with Crippen LogP contribution >= 0.6 is 0 Å². The smallest absolute Gasteiger partial charge is 0.136 e. The van der Waals surface area contributed by atoms with Crippen molar-refractivity contribution < 1.29 is 0 Å². The molecule has 2 atom stereocenters. The zero-order chi connectivity index (χ0) is 12.0. The summed E-state index contributed by atoms with van der Waals surface area (Å²) in [7, 11) is 1.93. The molecule has 0 bridgehead atoms. The maximum absolute atomic E-state index is 4.70. The third kappa shape index (κ3) is 2.08. The fourth-order valence-electron chi connectivity index (χ4n) is 2.14. The van der Waals surface area contributed by atoms with Crippen LogP contribution in [0.2, 0.25) is 0 Å². The van der Waals surface area contributed by atoms with E-state index in [-0.39, 0.29) is 0 Å². The van der Waals surface area contributed by atoms with Crippen LogP contribution in [0.1, 0.15) is 43.5 Å². The maximum atomic E-state index is 4.70. The van der Waals surface area contributed by atoms with Crippen molar-refractivity contribution in [2.45, 2.75) is 45.1 Å². The zero-order valence-corrected chi connectivity index (χ0v) is 10.7. The molecule has 2 aliphatic rings. The van der Waals surface area contributed by atoms with E-state index in [1.165, 1.54) is 19.3 Å². The van der Waals surface area contributed by atoms with Crippen molar-refractivity contribution in [3.63, 3.8) is 0 Å². The number of rotatable bonds is 4. The van der Waals surface area contributed by atoms with Gasteiger partial charge in [0.1, 0.15) is 17.5 Å². The second-order valence-electron chi connectivity index (χ2n) is 5.39. The van der Waals surface area contributed by atoms with Crippen molar-refractivity contribution in [1.29, 1.82) is 0 Å². The molecule has 2 fully saturated rings. The predicted octanol–water partition coefficient (Wildman–Crippen LogP) is 2.52. The summed E-state index contributed by atoms with van der Waals surface area (Å²) in [5.74, 6) is 4.39. The first-order valence-electron chi connectivity index (χ1n) is 6.52. The van der Waals surface area contributed by atoms with Crippen LogP contribution in [-0.4, -0.2) is 23.1 Å². The average molecular weight is 232 g/mol. The lowest BCUT2D eigenvalue weighted by Gasteiger charge is -2.13. The van der Waals surface area contributed by atoms with Gasteiger partial charge in [-0.3, -0.25) is 0 Å². The SMILES string of the molecule is CNc1nc(C2CC2)nc(NC2CC2C)c1C. The van der Waals surface area contributed by atoms with E-state index in [0.717, 1.165) is 28.9 Å². The maximum Gasteiger partial charge on any atom is 0.136 e. The molecular formula is C13H20N4. The normalized spacial score (nSPS) is 26.8. The van der Waals surface area contributed by atoms with Gasteiger partial charge in [-0.25, -0.2) is 9.97 Å². The molecule has 0 amide bonds. The van der Waals surface area contributed by atoms with Gasteiger partial charge in [-0.1, -0.05) is 6.92 Å². The highest BCUT2D eigenvalue weighted by Crippen LogP contribution is 2.40. The Kier molecular flexibility index (Phi) is 2.45. The Labute approximate surface area is 102 Å². The van der Waals surface area contributed by atoms with Crippen LogP contribution in [0.5, 0.6) is 0 Å². The molecule has 0 saturated heterocycles. The highest BCUT2D eigenvalue weighted by molar-refractivity contribution is 5.58. The van der Waals surface area contributed by atoms with Crippen LogP contribution in [-0.2, 0) is 0 Å². The van der Waals surface area contributed by atoms with E-state index in [2.05, 4.69) is 29.5 Å². The molecule has 0 aliphatic heterocycles. The number of aromatic nitrogens is 2. The Morgan fingerprint density at radius 1 is 1.18 bits per heavy atom. The topological polar surface area (TPSA) is 49.8 Å². The van der Waals surface area contributed by atoms with Gasteiger partial charge < -0.3 is 10.6 Å². The van der Waals surface area contributed by atoms with Crippen LogP contribution in [0.15, 0.2) is 0 Å². The fourth-order valence-corrected chi connectivity index (χ4v) is 2.14. The van der Waals surface area contributed by atoms with Crippen molar-refractivity contribution in [3.05, 3.63) is 11.4 Å². The Bertz CT molecular complexity index is 439. The summed E-state index contributed by atoms with van der Waals surface area (Å²) in [5, 5.41) is 6.71. The van der Waals surface area contributed by atoms with Gasteiger partial charge in [0.25, 0.3) is 0 Å². The van der Waals surface area contributed by atoms with Crippen LogP contribution in [0.4, 0.5) is 11.6 Å². The quantitative estimate of drug-likeness (QED) is 0.837. The molecule has 4 heteroatoms. The van der Waals surface area contributed by atoms with Crippen LogP contribution in [0.3, 0.4) is 0 Å². The minimum atomic E-state index is 0.597. The molecule has 0 spiro atoms. The predicted molar refractivity (Wildman–Crippen MR) is 69.5 cm³/mol. The lowest BCUT2D eigenvalue weighted by Crippen LogP contribution is -2.11. The average Bonchev–Trinajstić information content (AvgIpc) is 3.19. The Hall–Kier alpha value is -1.32. The van der Waals surface area contributed by atoms with Crippen LogP contribution in [0, 0.1) is 12.8 Å². The van der Waals surface area contributed by atoms with Crippen molar-refractivity contribution >= 4 is 11.6 Å². The number of anilines is 2. The third-order valence-corrected chi connectivity index (χ3v) is 3.77. The lowest BCUT2D eigenvalue weighted by molar-refractivity contribution is 0.890. The first kappa shape index (κ1) is 10.8. The number of nitrogens with zero attached hydrogens (tertiary/aromatic N) is 2. The molecule has 2 aliphatic carbocycles. The lowest BCUT2D eigenvalue weighted by atomic mass is 10.2. The van der Waals surface area contributed by atoms with E-state index in [1.807, 2.05) is 7.05 Å². The molecule has 1 heterocycles. The van der Waals surface area contributed by atoms with Crippen LogP contribution < -0.4 is 10.6 Å².